The van der Waals surface area contributed by atoms with Crippen LogP contribution in [0.5, 0.6) is 0 Å². The molecule has 0 saturated heterocycles. The smallest absolute Gasteiger partial charge is 0.303 e. The summed E-state index contributed by atoms with van der Waals surface area (Å²) in [5.74, 6) is 0.675. The highest BCUT2D eigenvalue weighted by Gasteiger charge is 2.12. The van der Waals surface area contributed by atoms with Gasteiger partial charge in [-0.3, -0.25) is 9.36 Å². The summed E-state index contributed by atoms with van der Waals surface area (Å²) in [4.78, 5) is 12.3. The van der Waals surface area contributed by atoms with E-state index in [1.165, 1.54) is 0 Å². The summed E-state index contributed by atoms with van der Waals surface area (Å²) in [5.41, 5.74) is 0. The van der Waals surface area contributed by atoms with Gasteiger partial charge in [0.15, 0.2) is 0 Å². The number of nitrogens with zero attached hydrogens (tertiary/aromatic N) is 4. The van der Waals surface area contributed by atoms with Crippen LogP contribution in [0.4, 0.5) is 5.95 Å². The van der Waals surface area contributed by atoms with Gasteiger partial charge in [0.2, 0.25) is 5.95 Å². The molecule has 0 spiro atoms. The molecule has 6 heteroatoms. The summed E-state index contributed by atoms with van der Waals surface area (Å²) in [6, 6.07) is 0. The highest BCUT2D eigenvalue weighted by molar-refractivity contribution is 5.66. The quantitative estimate of drug-likeness (QED) is 0.764. The fraction of sp³-hybridized carbons (Fsp3) is 0.667. The third kappa shape index (κ3) is 2.68. The first-order valence-electron chi connectivity index (χ1n) is 4.87. The highest BCUT2D eigenvalue weighted by atomic mass is 16.4. The van der Waals surface area contributed by atoms with Crippen LogP contribution < -0.4 is 4.90 Å². The van der Waals surface area contributed by atoms with Crippen molar-refractivity contribution in [2.45, 2.75) is 26.3 Å². The Balaban J connectivity index is 2.84. The molecule has 1 N–H and O–H groups in total. The minimum atomic E-state index is -0.813. The summed E-state index contributed by atoms with van der Waals surface area (Å²) in [6.07, 6.45) is 0.509. The van der Waals surface area contributed by atoms with Gasteiger partial charge >= 0.3 is 5.97 Å². The van der Waals surface area contributed by atoms with E-state index in [1.54, 1.807) is 0 Å². The number of aromatic nitrogens is 3. The van der Waals surface area contributed by atoms with Crippen molar-refractivity contribution in [2.75, 3.05) is 19.0 Å². The molecule has 0 amide bonds. The van der Waals surface area contributed by atoms with Crippen LogP contribution in [0.3, 0.4) is 0 Å². The molecule has 0 aliphatic rings. The van der Waals surface area contributed by atoms with Gasteiger partial charge in [0.1, 0.15) is 5.82 Å². The number of aliphatic carboxylic acids is 1. The molecule has 0 unspecified atom stereocenters. The molecule has 15 heavy (non-hydrogen) atoms. The Hall–Kier alpha value is -1.59. The predicted molar refractivity (Wildman–Crippen MR) is 56.0 cm³/mol. The van der Waals surface area contributed by atoms with E-state index >= 15 is 0 Å². The van der Waals surface area contributed by atoms with Crippen molar-refractivity contribution in [3.8, 4) is 0 Å². The first-order valence-corrected chi connectivity index (χ1v) is 4.87. The van der Waals surface area contributed by atoms with E-state index in [4.69, 9.17) is 5.11 Å². The topological polar surface area (TPSA) is 71.2 Å². The van der Waals surface area contributed by atoms with Crippen molar-refractivity contribution in [2.24, 2.45) is 0 Å². The van der Waals surface area contributed by atoms with Gasteiger partial charge in [-0.05, 0) is 6.92 Å². The normalized spacial score (nSPS) is 10.3. The minimum absolute atomic E-state index is 0.0889. The van der Waals surface area contributed by atoms with Crippen LogP contribution in [-0.2, 0) is 17.8 Å². The molecule has 1 heterocycles. The van der Waals surface area contributed by atoms with Crippen LogP contribution in [0.15, 0.2) is 0 Å². The standard InChI is InChI=1S/C9H16N4O2/c1-4-13-7(5-6-8(14)15)10-11-9(13)12(2)3/h4-6H2,1-3H3,(H,14,15). The van der Waals surface area contributed by atoms with Gasteiger partial charge in [0, 0.05) is 27.1 Å². The molecule has 84 valence electrons. The SMILES string of the molecule is CCn1c(CCC(=O)O)nnc1N(C)C. The zero-order valence-electron chi connectivity index (χ0n) is 9.27. The average molecular weight is 212 g/mol. The Kier molecular flexibility index (Phi) is 3.65. The molecule has 6 nitrogen and oxygen atoms in total. The van der Waals surface area contributed by atoms with Crippen molar-refractivity contribution < 1.29 is 9.90 Å². The second-order valence-corrected chi connectivity index (χ2v) is 3.45. The average Bonchev–Trinajstić information content (AvgIpc) is 2.57. The van der Waals surface area contributed by atoms with E-state index in [1.807, 2.05) is 30.5 Å². The fourth-order valence-electron chi connectivity index (χ4n) is 1.38. The molecule has 0 aromatic carbocycles. The van der Waals surface area contributed by atoms with Crippen LogP contribution in [0.25, 0.3) is 0 Å². The van der Waals surface area contributed by atoms with Crippen molar-refractivity contribution in [3.63, 3.8) is 0 Å². The van der Waals surface area contributed by atoms with Crippen LogP contribution in [0, 0.1) is 0 Å². The van der Waals surface area contributed by atoms with Gasteiger partial charge in [-0.25, -0.2) is 0 Å². The monoisotopic (exact) mass is 212 g/mol. The lowest BCUT2D eigenvalue weighted by Gasteiger charge is -2.12. The Bertz CT molecular complexity index is 346. The number of hydrogen-bond acceptors (Lipinski definition) is 4. The summed E-state index contributed by atoms with van der Waals surface area (Å²) >= 11 is 0. The number of aryl methyl sites for hydroxylation is 1. The number of carboxylic acids is 1. The molecule has 1 aromatic heterocycles. The second-order valence-electron chi connectivity index (χ2n) is 3.45. The Morgan fingerprint density at radius 2 is 2.13 bits per heavy atom. The first-order chi connectivity index (χ1) is 7.06. The van der Waals surface area contributed by atoms with E-state index in [-0.39, 0.29) is 6.42 Å². The summed E-state index contributed by atoms with van der Waals surface area (Å²) in [7, 11) is 3.77. The number of anilines is 1. The van der Waals surface area contributed by atoms with Gasteiger partial charge in [-0.15, -0.1) is 10.2 Å². The predicted octanol–water partition coefficient (Wildman–Crippen LogP) is 0.381. The molecule has 0 aliphatic heterocycles. The van der Waals surface area contributed by atoms with Crippen molar-refractivity contribution in [1.29, 1.82) is 0 Å². The maximum Gasteiger partial charge on any atom is 0.303 e. The van der Waals surface area contributed by atoms with Crippen molar-refractivity contribution >= 4 is 11.9 Å². The maximum atomic E-state index is 10.4. The molecule has 0 radical (unpaired) electrons. The van der Waals surface area contributed by atoms with Gasteiger partial charge in [-0.2, -0.15) is 0 Å². The molecule has 0 atom stereocenters. The summed E-state index contributed by atoms with van der Waals surface area (Å²) in [6.45, 7) is 2.73. The highest BCUT2D eigenvalue weighted by Crippen LogP contribution is 2.11. The zero-order valence-corrected chi connectivity index (χ0v) is 9.27. The molecule has 0 bridgehead atoms. The van der Waals surface area contributed by atoms with Gasteiger partial charge in [0.25, 0.3) is 0 Å². The van der Waals surface area contributed by atoms with E-state index in [0.29, 0.717) is 6.42 Å². The van der Waals surface area contributed by atoms with E-state index in [2.05, 4.69) is 10.2 Å². The Morgan fingerprint density at radius 1 is 1.47 bits per heavy atom. The van der Waals surface area contributed by atoms with Gasteiger partial charge < -0.3 is 10.0 Å². The molecular weight excluding hydrogens is 196 g/mol. The summed E-state index contributed by atoms with van der Waals surface area (Å²) in [5, 5.41) is 16.6. The van der Waals surface area contributed by atoms with E-state index in [9.17, 15) is 4.79 Å². The number of rotatable bonds is 5. The second kappa shape index (κ2) is 4.77. The Labute approximate surface area is 88.5 Å². The van der Waals surface area contributed by atoms with E-state index < -0.39 is 5.97 Å². The summed E-state index contributed by atoms with van der Waals surface area (Å²) < 4.78 is 1.92. The molecular formula is C9H16N4O2. The third-order valence-electron chi connectivity index (χ3n) is 2.09. The molecule has 0 fully saturated rings. The fourth-order valence-corrected chi connectivity index (χ4v) is 1.38. The van der Waals surface area contributed by atoms with Crippen molar-refractivity contribution in [1.82, 2.24) is 14.8 Å². The number of carbonyl (C=O) groups is 1. The van der Waals surface area contributed by atoms with Crippen LogP contribution in [-0.4, -0.2) is 39.9 Å². The lowest BCUT2D eigenvalue weighted by Crippen LogP contribution is -2.16. The maximum absolute atomic E-state index is 10.4. The first kappa shape index (κ1) is 11.5. The minimum Gasteiger partial charge on any atom is -0.481 e. The molecule has 0 saturated carbocycles. The van der Waals surface area contributed by atoms with Gasteiger partial charge in [0.05, 0.1) is 6.42 Å². The lowest BCUT2D eigenvalue weighted by molar-refractivity contribution is -0.137. The van der Waals surface area contributed by atoms with Crippen molar-refractivity contribution in [3.05, 3.63) is 5.82 Å². The lowest BCUT2D eigenvalue weighted by atomic mass is 10.3. The van der Waals surface area contributed by atoms with Crippen LogP contribution in [0.2, 0.25) is 0 Å². The third-order valence-corrected chi connectivity index (χ3v) is 2.09. The molecule has 0 aliphatic carbocycles. The van der Waals surface area contributed by atoms with Crippen LogP contribution in [0.1, 0.15) is 19.2 Å². The number of hydrogen-bond donors (Lipinski definition) is 1. The number of carboxylic acid groups (broad SMARTS) is 1. The van der Waals surface area contributed by atoms with Crippen LogP contribution >= 0.6 is 0 Å². The zero-order chi connectivity index (χ0) is 11.4. The Morgan fingerprint density at radius 3 is 2.60 bits per heavy atom. The molecule has 1 aromatic rings. The molecule has 1 rings (SSSR count). The largest absolute Gasteiger partial charge is 0.481 e. The van der Waals surface area contributed by atoms with E-state index in [0.717, 1.165) is 18.3 Å². The van der Waals surface area contributed by atoms with Gasteiger partial charge in [-0.1, -0.05) is 0 Å².